The van der Waals surface area contributed by atoms with E-state index in [-0.39, 0.29) is 22.0 Å². The van der Waals surface area contributed by atoms with Crippen molar-refractivity contribution in [1.82, 2.24) is 0 Å². The van der Waals surface area contributed by atoms with Crippen molar-refractivity contribution < 1.29 is 27.6 Å². The SMILES string of the molecule is CCOc1ccc(NC(=O)c2cc3ccccc3c(N=Nc3c(CC)ccc(S(=O)(=O)O)c3Cl)c2O)cc1Cl. The number of anilines is 1. The molecule has 202 valence electrons. The van der Waals surface area contributed by atoms with Gasteiger partial charge >= 0.3 is 0 Å². The molecule has 4 aromatic carbocycles. The minimum atomic E-state index is -4.62. The number of nitrogens with zero attached hydrogens (tertiary/aromatic N) is 2. The van der Waals surface area contributed by atoms with Crippen LogP contribution in [0.4, 0.5) is 17.1 Å². The Bertz CT molecular complexity index is 1720. The molecule has 0 aromatic heterocycles. The number of halogens is 2. The number of amides is 1. The van der Waals surface area contributed by atoms with Gasteiger partial charge in [-0.3, -0.25) is 9.35 Å². The number of hydrogen-bond donors (Lipinski definition) is 3. The highest BCUT2D eigenvalue weighted by Gasteiger charge is 2.22. The maximum atomic E-state index is 13.2. The minimum absolute atomic E-state index is 0.0108. The van der Waals surface area contributed by atoms with Crippen molar-refractivity contribution in [2.75, 3.05) is 11.9 Å². The number of phenols is 1. The van der Waals surface area contributed by atoms with Crippen LogP contribution in [0.1, 0.15) is 29.8 Å². The molecule has 0 saturated heterocycles. The average molecular weight is 588 g/mol. The third-order valence-corrected chi connectivity index (χ3v) is 7.49. The fourth-order valence-corrected chi connectivity index (χ4v) is 5.23. The van der Waals surface area contributed by atoms with Crippen LogP contribution in [0.3, 0.4) is 0 Å². The number of rotatable bonds is 8. The number of ether oxygens (including phenoxy) is 1. The maximum Gasteiger partial charge on any atom is 0.296 e. The Kier molecular flexibility index (Phi) is 8.41. The van der Waals surface area contributed by atoms with E-state index in [9.17, 15) is 22.9 Å². The van der Waals surface area contributed by atoms with Crippen molar-refractivity contribution in [3.05, 3.63) is 81.8 Å². The molecule has 0 saturated carbocycles. The molecule has 4 aromatic rings. The van der Waals surface area contributed by atoms with Crippen LogP contribution < -0.4 is 10.1 Å². The first-order valence-electron chi connectivity index (χ1n) is 11.7. The van der Waals surface area contributed by atoms with Gasteiger partial charge in [-0.1, -0.05) is 60.5 Å². The summed E-state index contributed by atoms with van der Waals surface area (Å²) >= 11 is 12.5. The molecule has 0 radical (unpaired) electrons. The van der Waals surface area contributed by atoms with Gasteiger partial charge < -0.3 is 15.2 Å². The van der Waals surface area contributed by atoms with Gasteiger partial charge in [0.2, 0.25) is 0 Å². The van der Waals surface area contributed by atoms with E-state index in [1.54, 1.807) is 36.4 Å². The van der Waals surface area contributed by atoms with Crippen LogP contribution in [0, 0.1) is 0 Å². The number of benzene rings is 4. The highest BCUT2D eigenvalue weighted by atomic mass is 35.5. The molecule has 0 aliphatic carbocycles. The van der Waals surface area contributed by atoms with Crippen molar-refractivity contribution in [2.45, 2.75) is 25.2 Å². The van der Waals surface area contributed by atoms with Crippen LogP contribution in [-0.2, 0) is 16.5 Å². The van der Waals surface area contributed by atoms with E-state index in [1.807, 2.05) is 13.8 Å². The molecule has 0 aliphatic heterocycles. The molecule has 1 amide bonds. The second kappa shape index (κ2) is 11.6. The molecule has 0 heterocycles. The topological polar surface area (TPSA) is 138 Å². The molecule has 0 aliphatic rings. The molecule has 9 nitrogen and oxygen atoms in total. The number of aryl methyl sites for hydroxylation is 1. The quantitative estimate of drug-likeness (QED) is 0.142. The summed E-state index contributed by atoms with van der Waals surface area (Å²) in [5.74, 6) is -0.612. The second-order valence-electron chi connectivity index (χ2n) is 8.29. The van der Waals surface area contributed by atoms with E-state index in [2.05, 4.69) is 15.5 Å². The Morgan fingerprint density at radius 2 is 1.72 bits per heavy atom. The summed E-state index contributed by atoms with van der Waals surface area (Å²) in [5.41, 5.74) is 0.836. The van der Waals surface area contributed by atoms with Crippen LogP contribution in [0.15, 0.2) is 75.8 Å². The summed E-state index contributed by atoms with van der Waals surface area (Å²) in [6.45, 7) is 4.06. The van der Waals surface area contributed by atoms with Gasteiger partial charge in [-0.15, -0.1) is 10.2 Å². The van der Waals surface area contributed by atoms with Crippen LogP contribution in [0.25, 0.3) is 10.8 Å². The summed E-state index contributed by atoms with van der Waals surface area (Å²) in [6.07, 6.45) is 0.430. The summed E-state index contributed by atoms with van der Waals surface area (Å²) in [7, 11) is -4.62. The normalized spacial score (nSPS) is 11.7. The van der Waals surface area contributed by atoms with Gasteiger partial charge in [0.25, 0.3) is 16.0 Å². The molecule has 0 spiro atoms. The zero-order valence-corrected chi connectivity index (χ0v) is 23.1. The Hall–Kier alpha value is -3.70. The first-order valence-corrected chi connectivity index (χ1v) is 13.9. The smallest absolute Gasteiger partial charge is 0.296 e. The zero-order valence-electron chi connectivity index (χ0n) is 20.8. The Labute approximate surface area is 234 Å². The summed E-state index contributed by atoms with van der Waals surface area (Å²) < 4.78 is 38.4. The fourth-order valence-electron chi connectivity index (χ4n) is 3.92. The van der Waals surface area contributed by atoms with Crippen molar-refractivity contribution >= 4 is 67.1 Å². The van der Waals surface area contributed by atoms with Crippen LogP contribution in [-0.4, -0.2) is 30.6 Å². The van der Waals surface area contributed by atoms with E-state index in [0.29, 0.717) is 45.8 Å². The zero-order chi connectivity index (χ0) is 28.3. The lowest BCUT2D eigenvalue weighted by molar-refractivity contribution is 0.102. The molecule has 4 rings (SSSR count). The highest BCUT2D eigenvalue weighted by molar-refractivity contribution is 7.86. The van der Waals surface area contributed by atoms with Crippen molar-refractivity contribution in [3.63, 3.8) is 0 Å². The first kappa shape index (κ1) is 28.3. The van der Waals surface area contributed by atoms with Gasteiger partial charge in [0.15, 0.2) is 5.75 Å². The second-order valence-corrected chi connectivity index (χ2v) is 10.5. The van der Waals surface area contributed by atoms with E-state index in [0.717, 1.165) is 0 Å². The number of phenolic OH excluding ortho intramolecular Hbond substituents is 1. The minimum Gasteiger partial charge on any atom is -0.505 e. The Morgan fingerprint density at radius 1 is 1.00 bits per heavy atom. The number of carbonyl (C=O) groups is 1. The van der Waals surface area contributed by atoms with Gasteiger partial charge in [0.1, 0.15) is 22.0 Å². The predicted molar refractivity (Wildman–Crippen MR) is 151 cm³/mol. The fraction of sp³-hybridized carbons (Fsp3) is 0.148. The van der Waals surface area contributed by atoms with E-state index < -0.39 is 26.7 Å². The van der Waals surface area contributed by atoms with Crippen LogP contribution in [0.5, 0.6) is 11.5 Å². The lowest BCUT2D eigenvalue weighted by Gasteiger charge is -2.13. The lowest BCUT2D eigenvalue weighted by Crippen LogP contribution is -2.12. The average Bonchev–Trinajstić information content (AvgIpc) is 2.89. The van der Waals surface area contributed by atoms with E-state index in [1.165, 1.54) is 24.3 Å². The molecule has 0 bridgehead atoms. The Balaban J connectivity index is 1.80. The number of aromatic hydroxyl groups is 1. The van der Waals surface area contributed by atoms with Gasteiger partial charge in [-0.25, -0.2) is 0 Å². The number of fused-ring (bicyclic) bond motifs is 1. The van der Waals surface area contributed by atoms with Gasteiger partial charge in [-0.05, 0) is 54.6 Å². The van der Waals surface area contributed by atoms with Crippen molar-refractivity contribution in [1.29, 1.82) is 0 Å². The van der Waals surface area contributed by atoms with Gasteiger partial charge in [0, 0.05) is 11.1 Å². The third kappa shape index (κ3) is 5.99. The van der Waals surface area contributed by atoms with Gasteiger partial charge in [0.05, 0.1) is 22.2 Å². The molecule has 0 fully saturated rings. The molecule has 39 heavy (non-hydrogen) atoms. The maximum absolute atomic E-state index is 13.2. The van der Waals surface area contributed by atoms with Crippen molar-refractivity contribution in [3.8, 4) is 11.5 Å². The predicted octanol–water partition coefficient (Wildman–Crippen LogP) is 7.73. The van der Waals surface area contributed by atoms with Crippen LogP contribution in [0.2, 0.25) is 10.0 Å². The molecule has 0 atom stereocenters. The molecular weight excluding hydrogens is 565 g/mol. The largest absolute Gasteiger partial charge is 0.505 e. The summed E-state index contributed by atoms with van der Waals surface area (Å²) in [4.78, 5) is 12.7. The van der Waals surface area contributed by atoms with Crippen LogP contribution >= 0.6 is 23.2 Å². The molecular formula is C27H23Cl2N3O6S. The standard InChI is InChI=1S/C27H23Cl2N3O6S/c1-3-15-9-12-22(39(35,36)37)23(29)24(15)31-32-25-18-8-6-5-7-16(18)13-19(26(25)33)27(34)30-17-10-11-21(38-4-2)20(28)14-17/h5-14,33H,3-4H2,1-2H3,(H,30,34)(H,35,36,37). The summed E-state index contributed by atoms with van der Waals surface area (Å²) in [5, 5.41) is 23.2. The third-order valence-electron chi connectivity index (χ3n) is 5.80. The molecule has 12 heteroatoms. The highest BCUT2D eigenvalue weighted by Crippen LogP contribution is 2.42. The summed E-state index contributed by atoms with van der Waals surface area (Å²) in [6, 6.07) is 15.8. The monoisotopic (exact) mass is 587 g/mol. The van der Waals surface area contributed by atoms with E-state index >= 15 is 0 Å². The first-order chi connectivity index (χ1) is 18.5. The number of hydrogen-bond acceptors (Lipinski definition) is 7. The van der Waals surface area contributed by atoms with E-state index in [4.69, 9.17) is 27.9 Å². The number of azo groups is 1. The lowest BCUT2D eigenvalue weighted by atomic mass is 10.0. The van der Waals surface area contributed by atoms with Gasteiger partial charge in [-0.2, -0.15) is 8.42 Å². The van der Waals surface area contributed by atoms with Crippen molar-refractivity contribution in [2.24, 2.45) is 10.2 Å². The molecule has 3 N–H and O–H groups in total. The number of nitrogens with one attached hydrogen (secondary N) is 1. The Morgan fingerprint density at radius 3 is 2.38 bits per heavy atom. The number of carbonyl (C=O) groups excluding carboxylic acids is 1. The molecule has 0 unspecified atom stereocenters.